The van der Waals surface area contributed by atoms with Gasteiger partial charge in [-0.15, -0.1) is 0 Å². The molecule has 4 aromatic rings. The number of carbonyl (C=O) groups is 1. The summed E-state index contributed by atoms with van der Waals surface area (Å²) < 4.78 is 0. The van der Waals surface area contributed by atoms with Gasteiger partial charge in [-0.2, -0.15) is 0 Å². The van der Waals surface area contributed by atoms with Gasteiger partial charge in [0.2, 0.25) is 5.91 Å². The maximum Gasteiger partial charge on any atom is 0.223 e. The highest BCUT2D eigenvalue weighted by Gasteiger charge is 2.24. The van der Waals surface area contributed by atoms with Crippen LogP contribution < -0.4 is 5.32 Å². The molecule has 34 heavy (non-hydrogen) atoms. The number of rotatable bonds is 8. The van der Waals surface area contributed by atoms with E-state index in [4.69, 9.17) is 0 Å². The van der Waals surface area contributed by atoms with E-state index in [1.807, 2.05) is 6.07 Å². The van der Waals surface area contributed by atoms with Gasteiger partial charge in [0.25, 0.3) is 0 Å². The lowest BCUT2D eigenvalue weighted by molar-refractivity contribution is -0.126. The number of likely N-dealkylation sites (tertiary alicyclic amines) is 1. The van der Waals surface area contributed by atoms with E-state index in [0.717, 1.165) is 45.3 Å². The number of piperidine rings is 1. The third-order valence-corrected chi connectivity index (χ3v) is 7.02. The Balaban J connectivity index is 1.02. The molecule has 1 fully saturated rings. The summed E-state index contributed by atoms with van der Waals surface area (Å²) in [6.07, 6.45) is 3.79. The van der Waals surface area contributed by atoms with Crippen molar-refractivity contribution < 1.29 is 4.79 Å². The van der Waals surface area contributed by atoms with Gasteiger partial charge >= 0.3 is 0 Å². The van der Waals surface area contributed by atoms with Crippen molar-refractivity contribution in [3.8, 4) is 11.1 Å². The molecule has 1 aromatic heterocycles. The topological polar surface area (TPSA) is 48.1 Å². The first-order chi connectivity index (χ1) is 16.7. The van der Waals surface area contributed by atoms with E-state index in [0.29, 0.717) is 6.54 Å². The van der Waals surface area contributed by atoms with E-state index in [9.17, 15) is 4.79 Å². The molecule has 4 nitrogen and oxygen atoms in total. The first kappa shape index (κ1) is 22.4. The molecule has 1 amide bonds. The van der Waals surface area contributed by atoms with Gasteiger partial charge in [0.15, 0.2) is 0 Å². The van der Waals surface area contributed by atoms with Crippen LogP contribution in [0, 0.1) is 5.92 Å². The first-order valence-corrected chi connectivity index (χ1v) is 12.5. The van der Waals surface area contributed by atoms with Crippen LogP contribution in [0.15, 0.2) is 84.9 Å². The third kappa shape index (κ3) is 5.57. The minimum absolute atomic E-state index is 0.143. The van der Waals surface area contributed by atoms with Crippen molar-refractivity contribution in [2.24, 2.45) is 5.92 Å². The number of amides is 1. The highest BCUT2D eigenvalue weighted by molar-refractivity contribution is 5.80. The number of hydrogen-bond acceptors (Lipinski definition) is 2. The second-order valence-electron chi connectivity index (χ2n) is 9.35. The van der Waals surface area contributed by atoms with E-state index in [-0.39, 0.29) is 11.8 Å². The molecule has 0 aliphatic carbocycles. The number of H-pyrrole nitrogens is 1. The van der Waals surface area contributed by atoms with Gasteiger partial charge in [0, 0.05) is 36.6 Å². The zero-order valence-corrected chi connectivity index (χ0v) is 19.7. The van der Waals surface area contributed by atoms with E-state index < -0.39 is 0 Å². The van der Waals surface area contributed by atoms with Gasteiger partial charge in [-0.25, -0.2) is 0 Å². The number of para-hydroxylation sites is 1. The molecule has 1 aliphatic rings. The van der Waals surface area contributed by atoms with E-state index >= 15 is 0 Å². The maximum atomic E-state index is 12.7. The summed E-state index contributed by atoms with van der Waals surface area (Å²) in [4.78, 5) is 18.7. The number of nitrogens with one attached hydrogen (secondary N) is 2. The predicted octanol–water partition coefficient (Wildman–Crippen LogP) is 5.45. The maximum absolute atomic E-state index is 12.7. The summed E-state index contributed by atoms with van der Waals surface area (Å²) in [7, 11) is 0. The lowest BCUT2D eigenvalue weighted by Gasteiger charge is -2.31. The zero-order valence-electron chi connectivity index (χ0n) is 19.7. The number of hydrogen-bond donors (Lipinski definition) is 2. The van der Waals surface area contributed by atoms with E-state index in [1.54, 1.807) is 0 Å². The molecule has 0 unspecified atom stereocenters. The van der Waals surface area contributed by atoms with E-state index in [2.05, 4.69) is 94.1 Å². The average Bonchev–Trinajstić information content (AvgIpc) is 3.32. The predicted molar refractivity (Wildman–Crippen MR) is 140 cm³/mol. The summed E-state index contributed by atoms with van der Waals surface area (Å²) in [5.41, 5.74) is 6.21. The van der Waals surface area contributed by atoms with Crippen LogP contribution in [0.5, 0.6) is 0 Å². The molecule has 0 saturated carbocycles. The van der Waals surface area contributed by atoms with Crippen LogP contribution in [0.2, 0.25) is 0 Å². The Morgan fingerprint density at radius 3 is 2.32 bits per heavy atom. The molecule has 1 saturated heterocycles. The van der Waals surface area contributed by atoms with Gasteiger partial charge in [0.1, 0.15) is 0 Å². The van der Waals surface area contributed by atoms with Crippen molar-refractivity contribution >= 4 is 16.8 Å². The lowest BCUT2D eigenvalue weighted by atomic mass is 9.95. The van der Waals surface area contributed by atoms with Crippen molar-refractivity contribution in [1.82, 2.24) is 15.2 Å². The van der Waals surface area contributed by atoms with Gasteiger partial charge in [-0.3, -0.25) is 4.79 Å². The van der Waals surface area contributed by atoms with Gasteiger partial charge in [-0.05, 0) is 66.6 Å². The molecular formula is C30H33N3O. The third-order valence-electron chi connectivity index (χ3n) is 7.02. The SMILES string of the molecule is O=C(NCCc1ccc(-c2ccccc2)cc1)C1CCN(CCc2cc3ccccc3[nH]2)CC1. The number of nitrogens with zero attached hydrogens (tertiary/aromatic N) is 1. The van der Waals surface area contributed by atoms with Crippen molar-refractivity contribution in [2.75, 3.05) is 26.2 Å². The minimum Gasteiger partial charge on any atom is -0.358 e. The molecule has 4 heteroatoms. The van der Waals surface area contributed by atoms with Crippen LogP contribution in [0.4, 0.5) is 0 Å². The standard InChI is InChI=1S/C30H33N3O/c34-30(31-18-14-23-10-12-25(13-11-23)24-6-2-1-3-7-24)26-15-19-33(20-16-26)21-17-28-22-27-8-4-5-9-29(27)32-28/h1-13,22,26,32H,14-21H2,(H,31,34). The smallest absolute Gasteiger partial charge is 0.223 e. The van der Waals surface area contributed by atoms with Gasteiger partial charge in [0.05, 0.1) is 0 Å². The monoisotopic (exact) mass is 451 g/mol. The van der Waals surface area contributed by atoms with Crippen LogP contribution >= 0.6 is 0 Å². The molecule has 5 rings (SSSR count). The highest BCUT2D eigenvalue weighted by atomic mass is 16.1. The van der Waals surface area contributed by atoms with Crippen LogP contribution in [-0.2, 0) is 17.6 Å². The summed E-state index contributed by atoms with van der Waals surface area (Å²) in [6.45, 7) is 3.74. The molecule has 1 aliphatic heterocycles. The number of benzene rings is 3. The normalized spacial score (nSPS) is 14.9. The number of carbonyl (C=O) groups excluding carboxylic acids is 1. The minimum atomic E-state index is 0.143. The largest absolute Gasteiger partial charge is 0.358 e. The second kappa shape index (κ2) is 10.7. The molecule has 174 valence electrons. The van der Waals surface area contributed by atoms with Crippen molar-refractivity contribution in [1.29, 1.82) is 0 Å². The Morgan fingerprint density at radius 1 is 0.853 bits per heavy atom. The first-order valence-electron chi connectivity index (χ1n) is 12.5. The van der Waals surface area contributed by atoms with Gasteiger partial charge < -0.3 is 15.2 Å². The summed E-state index contributed by atoms with van der Waals surface area (Å²) >= 11 is 0. The zero-order chi connectivity index (χ0) is 23.2. The summed E-state index contributed by atoms with van der Waals surface area (Å²) in [6, 6.07) is 29.8. The molecule has 3 aromatic carbocycles. The van der Waals surface area contributed by atoms with Crippen LogP contribution in [0.25, 0.3) is 22.0 Å². The molecule has 2 N–H and O–H groups in total. The number of aromatic amines is 1. The van der Waals surface area contributed by atoms with Crippen molar-refractivity contribution in [2.45, 2.75) is 25.7 Å². The van der Waals surface area contributed by atoms with Crippen molar-refractivity contribution in [3.63, 3.8) is 0 Å². The van der Waals surface area contributed by atoms with E-state index in [1.165, 1.54) is 33.3 Å². The fourth-order valence-electron chi connectivity index (χ4n) is 4.93. The fourth-order valence-corrected chi connectivity index (χ4v) is 4.93. The Labute approximate surface area is 202 Å². The Bertz CT molecular complexity index is 1170. The highest BCUT2D eigenvalue weighted by Crippen LogP contribution is 2.21. The Hall–Kier alpha value is -3.37. The van der Waals surface area contributed by atoms with Crippen LogP contribution in [-0.4, -0.2) is 42.0 Å². The molecule has 0 bridgehead atoms. The number of fused-ring (bicyclic) bond motifs is 1. The summed E-state index contributed by atoms with van der Waals surface area (Å²) in [5.74, 6) is 0.362. The molecule has 0 atom stereocenters. The second-order valence-corrected chi connectivity index (χ2v) is 9.35. The Kier molecular flexibility index (Phi) is 7.06. The summed E-state index contributed by atoms with van der Waals surface area (Å²) in [5, 5.41) is 4.45. The van der Waals surface area contributed by atoms with Crippen molar-refractivity contribution in [3.05, 3.63) is 96.2 Å². The van der Waals surface area contributed by atoms with Gasteiger partial charge in [-0.1, -0.05) is 72.8 Å². The molecule has 0 radical (unpaired) electrons. The van der Waals surface area contributed by atoms with Crippen LogP contribution in [0.1, 0.15) is 24.1 Å². The molecular weight excluding hydrogens is 418 g/mol. The number of aromatic nitrogens is 1. The quantitative estimate of drug-likeness (QED) is 0.374. The average molecular weight is 452 g/mol. The molecule has 0 spiro atoms. The Morgan fingerprint density at radius 2 is 1.56 bits per heavy atom. The molecule has 2 heterocycles. The van der Waals surface area contributed by atoms with Crippen LogP contribution in [0.3, 0.4) is 0 Å². The fraction of sp³-hybridized carbons (Fsp3) is 0.300. The lowest BCUT2D eigenvalue weighted by Crippen LogP contribution is -2.41.